The van der Waals surface area contributed by atoms with E-state index in [-0.39, 0.29) is 0 Å². The van der Waals surface area contributed by atoms with Crippen LogP contribution in [0.15, 0.2) is 72.8 Å². The van der Waals surface area contributed by atoms with Crippen molar-refractivity contribution in [3.8, 4) is 22.6 Å². The molecule has 0 radical (unpaired) electrons. The van der Waals surface area contributed by atoms with Crippen LogP contribution in [0.1, 0.15) is 0 Å². The van der Waals surface area contributed by atoms with Gasteiger partial charge in [-0.25, -0.2) is 0 Å². The van der Waals surface area contributed by atoms with Crippen LogP contribution in [0, 0.1) is 0 Å². The summed E-state index contributed by atoms with van der Waals surface area (Å²) in [4.78, 5) is 0. The molecule has 0 unspecified atom stereocenters. The van der Waals surface area contributed by atoms with Crippen LogP contribution in [0.3, 0.4) is 0 Å². The highest BCUT2D eigenvalue weighted by Crippen LogP contribution is 2.47. The summed E-state index contributed by atoms with van der Waals surface area (Å²) in [7, 11) is 0. The average Bonchev–Trinajstić information content (AvgIpc) is 2.77. The highest BCUT2D eigenvalue weighted by atomic mass is 35.5. The molecule has 1 heterocycles. The Balaban J connectivity index is 2.00. The van der Waals surface area contributed by atoms with E-state index < -0.39 is 5.75 Å². The Morgan fingerprint density at radius 1 is 0.583 bits per heavy atom. The second kappa shape index (κ2) is 5.15. The monoisotopic (exact) mass is 332 g/mol. The van der Waals surface area contributed by atoms with Crippen molar-refractivity contribution in [2.24, 2.45) is 0 Å². The molecule has 0 bridgehead atoms. The topological polar surface area (TPSA) is 18.5 Å². The molecule has 1 aliphatic rings. The third-order valence-electron chi connectivity index (χ3n) is 4.47. The van der Waals surface area contributed by atoms with Crippen molar-refractivity contribution in [1.29, 1.82) is 0 Å². The van der Waals surface area contributed by atoms with Crippen molar-refractivity contribution >= 4 is 33.1 Å². The molecule has 0 spiro atoms. The van der Waals surface area contributed by atoms with Gasteiger partial charge >= 0.3 is 5.75 Å². The minimum atomic E-state index is -0.854. The summed E-state index contributed by atoms with van der Waals surface area (Å²) in [6, 6.07) is 24.6. The van der Waals surface area contributed by atoms with Gasteiger partial charge in [-0.05, 0) is 45.3 Å². The minimum absolute atomic E-state index is 0.740. The maximum absolute atomic E-state index is 6.23. The van der Waals surface area contributed by atoms with Gasteiger partial charge in [0.2, 0.25) is 0 Å². The van der Waals surface area contributed by atoms with Gasteiger partial charge in [0, 0.05) is 11.1 Å². The molecular weight excluding hydrogens is 320 g/mol. The number of hydrogen-bond donors (Lipinski definition) is 0. The summed E-state index contributed by atoms with van der Waals surface area (Å²) < 4.78 is 11.7. The number of rotatable bonds is 0. The largest absolute Gasteiger partial charge is 0.441 e. The highest BCUT2D eigenvalue weighted by Gasteiger charge is 2.25. The Labute approximate surface area is 144 Å². The zero-order valence-corrected chi connectivity index (χ0v) is 13.5. The molecule has 0 aromatic heterocycles. The van der Waals surface area contributed by atoms with Crippen LogP contribution in [0.2, 0.25) is 0 Å². The van der Waals surface area contributed by atoms with Gasteiger partial charge in [-0.2, -0.15) is 0 Å². The lowest BCUT2D eigenvalue weighted by molar-refractivity contribution is 0.0821. The second-order valence-corrected chi connectivity index (χ2v) is 6.19. The summed E-state index contributed by atoms with van der Waals surface area (Å²) in [6.45, 7) is 0. The summed E-state index contributed by atoms with van der Waals surface area (Å²) >= 11 is 6.23. The Kier molecular flexibility index (Phi) is 2.94. The van der Waals surface area contributed by atoms with E-state index in [1.165, 1.54) is 0 Å². The Morgan fingerprint density at radius 2 is 1.04 bits per heavy atom. The first kappa shape index (κ1) is 13.7. The maximum atomic E-state index is 6.23. The van der Waals surface area contributed by atoms with Crippen LogP contribution < -0.4 is 9.47 Å². The van der Waals surface area contributed by atoms with Gasteiger partial charge in [0.15, 0.2) is 0 Å². The van der Waals surface area contributed by atoms with Crippen molar-refractivity contribution in [2.75, 3.05) is 0 Å². The molecule has 3 heteroatoms. The van der Waals surface area contributed by atoms with Crippen LogP contribution in [-0.4, -0.2) is 5.75 Å². The van der Waals surface area contributed by atoms with Crippen LogP contribution >= 0.6 is 11.6 Å². The average molecular weight is 333 g/mol. The first-order valence-corrected chi connectivity index (χ1v) is 8.26. The normalized spacial score (nSPS) is 13.7. The fraction of sp³-hybridized carbons (Fsp3) is 0.0476. The quantitative estimate of drug-likeness (QED) is 0.370. The van der Waals surface area contributed by atoms with Crippen molar-refractivity contribution in [2.45, 2.75) is 5.75 Å². The number of hydrogen-bond acceptors (Lipinski definition) is 2. The molecule has 0 N–H and O–H groups in total. The summed E-state index contributed by atoms with van der Waals surface area (Å²) in [5.41, 5.74) is 2.06. The molecule has 24 heavy (non-hydrogen) atoms. The predicted molar refractivity (Wildman–Crippen MR) is 97.8 cm³/mol. The van der Waals surface area contributed by atoms with Crippen LogP contribution in [0.25, 0.3) is 32.7 Å². The SMILES string of the molecule is ClC1Oc2ccc3ccccc3c2-c2c(ccc3ccccc23)O1. The van der Waals surface area contributed by atoms with Crippen LogP contribution in [0.5, 0.6) is 11.5 Å². The van der Waals surface area contributed by atoms with Gasteiger partial charge in [0.05, 0.1) is 0 Å². The lowest BCUT2D eigenvalue weighted by atomic mass is 9.92. The first-order chi connectivity index (χ1) is 11.8. The zero-order chi connectivity index (χ0) is 16.1. The van der Waals surface area contributed by atoms with Gasteiger partial charge < -0.3 is 9.47 Å². The first-order valence-electron chi connectivity index (χ1n) is 7.82. The molecule has 0 saturated heterocycles. The fourth-order valence-electron chi connectivity index (χ4n) is 3.44. The van der Waals surface area contributed by atoms with E-state index in [1.54, 1.807) is 0 Å². The molecule has 116 valence electrons. The molecule has 4 aromatic carbocycles. The smallest absolute Gasteiger partial charge is 0.322 e. The van der Waals surface area contributed by atoms with E-state index in [2.05, 4.69) is 24.3 Å². The molecule has 0 fully saturated rings. The standard InChI is InChI=1S/C21H13ClO2/c22-21-23-17-11-9-13-5-1-3-7-15(13)19(17)20-16-8-4-2-6-14(16)10-12-18(20)24-21/h1-12,21H. The summed E-state index contributed by atoms with van der Waals surface area (Å²) in [6.07, 6.45) is 0. The van der Waals surface area contributed by atoms with Gasteiger partial charge in [0.25, 0.3) is 0 Å². The van der Waals surface area contributed by atoms with Crippen LogP contribution in [0.4, 0.5) is 0 Å². The van der Waals surface area contributed by atoms with E-state index in [1.807, 2.05) is 48.5 Å². The maximum Gasteiger partial charge on any atom is 0.322 e. The number of halogens is 1. The highest BCUT2D eigenvalue weighted by molar-refractivity contribution is 6.19. The fourth-order valence-corrected chi connectivity index (χ4v) is 3.63. The molecule has 0 atom stereocenters. The third kappa shape index (κ3) is 1.97. The Bertz CT molecular complexity index is 1000. The molecule has 0 amide bonds. The lowest BCUT2D eigenvalue weighted by Gasteiger charge is -2.13. The molecule has 2 nitrogen and oxygen atoms in total. The van der Waals surface area contributed by atoms with E-state index in [9.17, 15) is 0 Å². The van der Waals surface area contributed by atoms with E-state index in [0.717, 1.165) is 44.2 Å². The second-order valence-electron chi connectivity index (χ2n) is 5.83. The number of alkyl halides is 1. The number of benzene rings is 4. The van der Waals surface area contributed by atoms with Crippen molar-refractivity contribution in [1.82, 2.24) is 0 Å². The van der Waals surface area contributed by atoms with E-state index in [4.69, 9.17) is 21.1 Å². The Morgan fingerprint density at radius 3 is 1.54 bits per heavy atom. The molecule has 0 saturated carbocycles. The van der Waals surface area contributed by atoms with Gasteiger partial charge in [-0.1, -0.05) is 60.7 Å². The van der Waals surface area contributed by atoms with E-state index in [0.29, 0.717) is 0 Å². The third-order valence-corrected chi connectivity index (χ3v) is 4.65. The van der Waals surface area contributed by atoms with Gasteiger partial charge in [0.1, 0.15) is 11.5 Å². The number of ether oxygens (including phenoxy) is 2. The van der Waals surface area contributed by atoms with Gasteiger partial charge in [-0.15, -0.1) is 0 Å². The summed E-state index contributed by atoms with van der Waals surface area (Å²) in [5.74, 6) is 0.625. The van der Waals surface area contributed by atoms with Crippen molar-refractivity contribution in [3.05, 3.63) is 72.8 Å². The molecular formula is C21H13ClO2. The molecule has 5 rings (SSSR count). The lowest BCUT2D eigenvalue weighted by Crippen LogP contribution is -2.15. The van der Waals surface area contributed by atoms with E-state index >= 15 is 0 Å². The molecule has 0 aliphatic carbocycles. The van der Waals surface area contributed by atoms with Gasteiger partial charge in [-0.3, -0.25) is 0 Å². The van der Waals surface area contributed by atoms with Crippen molar-refractivity contribution in [3.63, 3.8) is 0 Å². The molecule has 4 aromatic rings. The minimum Gasteiger partial charge on any atom is -0.441 e. The molecule has 1 aliphatic heterocycles. The Hall–Kier alpha value is -2.71. The van der Waals surface area contributed by atoms with Crippen LogP contribution in [-0.2, 0) is 0 Å². The summed E-state index contributed by atoms with van der Waals surface area (Å²) in [5, 5.41) is 4.57. The number of fused-ring (bicyclic) bond motifs is 7. The predicted octanol–water partition coefficient (Wildman–Crippen LogP) is 5.95. The van der Waals surface area contributed by atoms with Crippen molar-refractivity contribution < 1.29 is 9.47 Å². The zero-order valence-electron chi connectivity index (χ0n) is 12.7.